The second kappa shape index (κ2) is 5.53. The number of aromatic carboxylic acids is 1. The third kappa shape index (κ3) is 3.72. The first kappa shape index (κ1) is 16.0. The average molecular weight is 278 g/mol. The Bertz CT molecular complexity index is 486. The van der Waals surface area contributed by atoms with Crippen molar-refractivity contribution in [3.8, 4) is 0 Å². The average Bonchev–Trinajstić information content (AvgIpc) is 2.69. The molecule has 1 amide bonds. The van der Waals surface area contributed by atoms with Crippen molar-refractivity contribution in [3.63, 3.8) is 0 Å². The number of hydrogen-bond acceptors (Lipinski definition) is 5. The van der Waals surface area contributed by atoms with Crippen LogP contribution in [0.15, 0.2) is 0 Å². The fourth-order valence-electron chi connectivity index (χ4n) is 1.59. The molecule has 1 aliphatic heterocycles. The van der Waals surface area contributed by atoms with Gasteiger partial charge in [0.15, 0.2) is 0 Å². The van der Waals surface area contributed by atoms with Crippen molar-refractivity contribution < 1.29 is 19.4 Å². The first-order valence-corrected chi connectivity index (χ1v) is 6.28. The van der Waals surface area contributed by atoms with Gasteiger partial charge in [0.05, 0.1) is 18.8 Å². The zero-order valence-electron chi connectivity index (χ0n) is 10.4. The minimum atomic E-state index is -1.03. The van der Waals surface area contributed by atoms with E-state index in [2.05, 4.69) is 4.98 Å². The summed E-state index contributed by atoms with van der Waals surface area (Å²) in [4.78, 5) is 28.9. The van der Waals surface area contributed by atoms with Gasteiger partial charge in [-0.1, -0.05) is 0 Å². The van der Waals surface area contributed by atoms with E-state index in [0.717, 1.165) is 16.2 Å². The second-order valence-corrected chi connectivity index (χ2v) is 6.11. The third-order valence-corrected chi connectivity index (χ3v) is 3.36. The number of carboxylic acids is 1. The Balaban J connectivity index is 0.00000180. The van der Waals surface area contributed by atoms with Crippen LogP contribution in [0.3, 0.4) is 0 Å². The summed E-state index contributed by atoms with van der Waals surface area (Å²) in [5.74, 6) is -1.03. The summed E-state index contributed by atoms with van der Waals surface area (Å²) >= 11 is 1.11. The van der Waals surface area contributed by atoms with Crippen LogP contribution in [0.1, 0.15) is 41.1 Å². The molecule has 0 spiro atoms. The SMILES string of the molecule is CC(C)(C)OC(=O)N1Cc2nc(C(=O)O)sc2C1.[LiH]. The van der Waals surface area contributed by atoms with Crippen LogP contribution in [-0.2, 0) is 17.8 Å². The number of hydrogen-bond donors (Lipinski definition) is 1. The van der Waals surface area contributed by atoms with E-state index in [1.807, 2.05) is 0 Å². The van der Waals surface area contributed by atoms with Gasteiger partial charge in [-0.3, -0.25) is 4.90 Å². The van der Waals surface area contributed by atoms with Crippen molar-refractivity contribution in [2.75, 3.05) is 0 Å². The van der Waals surface area contributed by atoms with Gasteiger partial charge >= 0.3 is 30.9 Å². The number of fused-ring (bicyclic) bond motifs is 1. The molecule has 0 unspecified atom stereocenters. The van der Waals surface area contributed by atoms with Crippen molar-refractivity contribution in [2.24, 2.45) is 0 Å². The van der Waals surface area contributed by atoms with Gasteiger partial charge in [0.1, 0.15) is 5.60 Å². The van der Waals surface area contributed by atoms with E-state index in [0.29, 0.717) is 18.8 Å². The molecule has 1 aliphatic rings. The van der Waals surface area contributed by atoms with Gasteiger partial charge in [0.25, 0.3) is 0 Å². The van der Waals surface area contributed by atoms with Gasteiger partial charge in [-0.05, 0) is 20.8 Å². The minimum absolute atomic E-state index is 0. The molecule has 1 aromatic rings. The molecule has 1 N–H and O–H groups in total. The van der Waals surface area contributed by atoms with E-state index >= 15 is 0 Å². The summed E-state index contributed by atoms with van der Waals surface area (Å²) in [5, 5.41) is 8.89. The van der Waals surface area contributed by atoms with Gasteiger partial charge < -0.3 is 9.84 Å². The van der Waals surface area contributed by atoms with Crippen LogP contribution in [-0.4, -0.2) is 51.5 Å². The fraction of sp³-hybridized carbons (Fsp3) is 0.545. The Morgan fingerprint density at radius 2 is 2.00 bits per heavy atom. The molecular formula is C11H15LiN2O4S. The zero-order valence-corrected chi connectivity index (χ0v) is 11.2. The first-order valence-electron chi connectivity index (χ1n) is 5.46. The molecule has 2 heterocycles. The summed E-state index contributed by atoms with van der Waals surface area (Å²) in [6.45, 7) is 6.09. The summed E-state index contributed by atoms with van der Waals surface area (Å²) in [7, 11) is 0. The Hall–Kier alpha value is -1.03. The molecule has 0 atom stereocenters. The van der Waals surface area contributed by atoms with Crippen LogP contribution in [0.25, 0.3) is 0 Å². The van der Waals surface area contributed by atoms with Crippen LogP contribution in [0.5, 0.6) is 0 Å². The number of carboxylic acid groups (broad SMARTS) is 1. The van der Waals surface area contributed by atoms with Crippen molar-refractivity contribution in [2.45, 2.75) is 39.5 Å². The van der Waals surface area contributed by atoms with Crippen LogP contribution in [0, 0.1) is 0 Å². The molecule has 2 rings (SSSR count). The quantitative estimate of drug-likeness (QED) is 0.786. The number of ether oxygens (including phenoxy) is 1. The maximum absolute atomic E-state index is 11.8. The Morgan fingerprint density at radius 3 is 2.47 bits per heavy atom. The van der Waals surface area contributed by atoms with E-state index in [-0.39, 0.29) is 23.9 Å². The number of rotatable bonds is 1. The van der Waals surface area contributed by atoms with Gasteiger partial charge in [-0.2, -0.15) is 0 Å². The van der Waals surface area contributed by atoms with Crippen LogP contribution in [0.2, 0.25) is 0 Å². The van der Waals surface area contributed by atoms with Crippen LogP contribution in [0.4, 0.5) is 4.79 Å². The van der Waals surface area contributed by atoms with E-state index in [4.69, 9.17) is 9.84 Å². The first-order chi connectivity index (χ1) is 8.26. The summed E-state index contributed by atoms with van der Waals surface area (Å²) in [5.41, 5.74) is 0.121. The molecule has 0 bridgehead atoms. The molecule has 0 saturated carbocycles. The molecule has 0 aliphatic carbocycles. The predicted molar refractivity (Wildman–Crippen MR) is 71.7 cm³/mol. The molecule has 0 fully saturated rings. The molecule has 6 nitrogen and oxygen atoms in total. The molecule has 100 valence electrons. The van der Waals surface area contributed by atoms with Crippen molar-refractivity contribution in [3.05, 3.63) is 15.6 Å². The summed E-state index contributed by atoms with van der Waals surface area (Å²) in [6, 6.07) is 0. The van der Waals surface area contributed by atoms with E-state index in [1.165, 1.54) is 4.90 Å². The number of amides is 1. The standard InChI is InChI=1S/C11H14N2O4S.Li.H/c1-11(2,3)17-10(16)13-4-6-7(5-13)18-8(12-6)9(14)15;;/h4-5H2,1-3H3,(H,14,15);;. The van der Waals surface area contributed by atoms with Crippen LogP contribution >= 0.6 is 11.3 Å². The van der Waals surface area contributed by atoms with Gasteiger partial charge in [-0.15, -0.1) is 11.3 Å². The Labute approximate surface area is 126 Å². The normalized spacial score (nSPS) is 13.7. The molecule has 1 aromatic heterocycles. The number of nitrogens with zero attached hydrogens (tertiary/aromatic N) is 2. The molecule has 19 heavy (non-hydrogen) atoms. The van der Waals surface area contributed by atoms with Crippen molar-refractivity contribution in [1.82, 2.24) is 9.88 Å². The maximum atomic E-state index is 11.8. The summed E-state index contributed by atoms with van der Waals surface area (Å²) in [6.07, 6.45) is -0.399. The summed E-state index contributed by atoms with van der Waals surface area (Å²) < 4.78 is 5.25. The number of carbonyl (C=O) groups excluding carboxylic acids is 1. The van der Waals surface area contributed by atoms with Gasteiger partial charge in [0.2, 0.25) is 5.01 Å². The molecular weight excluding hydrogens is 263 g/mol. The van der Waals surface area contributed by atoms with Gasteiger partial charge in [-0.25, -0.2) is 14.6 Å². The third-order valence-electron chi connectivity index (χ3n) is 2.29. The molecule has 8 heteroatoms. The van der Waals surface area contributed by atoms with Gasteiger partial charge in [0, 0.05) is 4.88 Å². The molecule has 0 radical (unpaired) electrons. The van der Waals surface area contributed by atoms with Crippen molar-refractivity contribution in [1.29, 1.82) is 0 Å². The Kier molecular flexibility index (Phi) is 4.66. The van der Waals surface area contributed by atoms with E-state index < -0.39 is 17.7 Å². The van der Waals surface area contributed by atoms with E-state index in [9.17, 15) is 9.59 Å². The van der Waals surface area contributed by atoms with E-state index in [1.54, 1.807) is 20.8 Å². The predicted octanol–water partition coefficient (Wildman–Crippen LogP) is 1.44. The fourth-order valence-corrected chi connectivity index (χ4v) is 2.51. The number of thiazole rings is 1. The number of aromatic nitrogens is 1. The zero-order chi connectivity index (χ0) is 13.5. The van der Waals surface area contributed by atoms with Crippen molar-refractivity contribution >= 4 is 42.3 Å². The monoisotopic (exact) mass is 278 g/mol. The van der Waals surface area contributed by atoms with Crippen LogP contribution < -0.4 is 0 Å². The molecule has 0 aromatic carbocycles. The molecule has 0 saturated heterocycles. The Morgan fingerprint density at radius 1 is 1.37 bits per heavy atom. The number of carbonyl (C=O) groups is 2. The second-order valence-electron chi connectivity index (χ2n) is 5.03. The topological polar surface area (TPSA) is 79.7 Å².